The Bertz CT molecular complexity index is 1410. The maximum absolute atomic E-state index is 14.9. The van der Waals surface area contributed by atoms with Crippen LogP contribution in [0.4, 0.5) is 20.4 Å². The molecule has 12 heteroatoms. The predicted molar refractivity (Wildman–Crippen MR) is 125 cm³/mol. The summed E-state index contributed by atoms with van der Waals surface area (Å²) in [5.41, 5.74) is 6.95. The fourth-order valence-electron chi connectivity index (χ4n) is 5.10. The zero-order valence-electron chi connectivity index (χ0n) is 19.2. The molecule has 4 heterocycles. The second kappa shape index (κ2) is 7.74. The molecule has 0 bridgehead atoms. The van der Waals surface area contributed by atoms with Gasteiger partial charge in [-0.05, 0) is 31.4 Å². The third-order valence-electron chi connectivity index (χ3n) is 7.03. The number of ether oxygens (including phenoxy) is 1. The molecule has 35 heavy (non-hydrogen) atoms. The number of methoxy groups -OCH3 is 1. The molecule has 2 fully saturated rings. The molecule has 1 saturated heterocycles. The Labute approximate surface area is 199 Å². The number of aliphatic hydroxyl groups is 1. The molecule has 3 aromatic heterocycles. The number of nitrogens with two attached hydrogens (primary N) is 1. The molecule has 4 aromatic rings. The van der Waals surface area contributed by atoms with Gasteiger partial charge in [0.25, 0.3) is 5.92 Å². The van der Waals surface area contributed by atoms with Gasteiger partial charge in [-0.15, -0.1) is 5.10 Å². The van der Waals surface area contributed by atoms with Crippen LogP contribution in [0.1, 0.15) is 37.4 Å². The van der Waals surface area contributed by atoms with E-state index in [9.17, 15) is 13.9 Å². The highest BCUT2D eigenvalue weighted by Gasteiger charge is 2.43. The van der Waals surface area contributed by atoms with Crippen LogP contribution in [0.25, 0.3) is 16.6 Å². The predicted octanol–water partition coefficient (Wildman–Crippen LogP) is 2.61. The highest BCUT2D eigenvalue weighted by Crippen LogP contribution is 2.38. The Balaban J connectivity index is 1.33. The molecule has 1 aliphatic carbocycles. The van der Waals surface area contributed by atoms with E-state index in [2.05, 4.69) is 20.2 Å². The molecule has 1 unspecified atom stereocenters. The summed E-state index contributed by atoms with van der Waals surface area (Å²) in [4.78, 5) is 10.6. The van der Waals surface area contributed by atoms with Crippen molar-refractivity contribution in [1.29, 1.82) is 0 Å². The smallest absolute Gasteiger partial charge is 0.266 e. The van der Waals surface area contributed by atoms with Crippen molar-refractivity contribution in [1.82, 2.24) is 29.4 Å². The van der Waals surface area contributed by atoms with E-state index in [0.717, 1.165) is 19.3 Å². The first-order valence-corrected chi connectivity index (χ1v) is 11.6. The number of nitrogens with zero attached hydrogens (tertiary/aromatic N) is 7. The van der Waals surface area contributed by atoms with Crippen molar-refractivity contribution in [3.63, 3.8) is 0 Å². The Morgan fingerprint density at radius 3 is 2.83 bits per heavy atom. The van der Waals surface area contributed by atoms with Gasteiger partial charge in [-0.1, -0.05) is 6.07 Å². The first kappa shape index (κ1) is 22.0. The Kier molecular flexibility index (Phi) is 4.85. The van der Waals surface area contributed by atoms with Gasteiger partial charge in [0.1, 0.15) is 11.3 Å². The lowest BCUT2D eigenvalue weighted by Crippen LogP contribution is -2.46. The van der Waals surface area contributed by atoms with Gasteiger partial charge in [0.2, 0.25) is 5.95 Å². The molecule has 3 N–H and O–H groups in total. The van der Waals surface area contributed by atoms with Crippen molar-refractivity contribution in [3.05, 3.63) is 36.4 Å². The number of hydrogen-bond donors (Lipinski definition) is 2. The zero-order chi connectivity index (χ0) is 24.4. The minimum atomic E-state index is -2.94. The van der Waals surface area contributed by atoms with Gasteiger partial charge in [0.15, 0.2) is 11.5 Å². The Hall–Kier alpha value is -3.54. The summed E-state index contributed by atoms with van der Waals surface area (Å²) < 4.78 is 38.2. The Morgan fingerprint density at radius 2 is 2.09 bits per heavy atom. The number of halogens is 2. The van der Waals surface area contributed by atoms with Crippen LogP contribution in [0.3, 0.4) is 0 Å². The van der Waals surface area contributed by atoms with Crippen LogP contribution in [0, 0.1) is 0 Å². The summed E-state index contributed by atoms with van der Waals surface area (Å²) in [5, 5.41) is 19.9. The molecule has 184 valence electrons. The fraction of sp³-hybridized carbons (Fsp3) is 0.478. The van der Waals surface area contributed by atoms with Crippen LogP contribution in [-0.4, -0.2) is 66.2 Å². The van der Waals surface area contributed by atoms with Gasteiger partial charge in [-0.2, -0.15) is 9.61 Å². The number of alkyl halides is 2. The first-order valence-electron chi connectivity index (χ1n) is 11.6. The Morgan fingerprint density at radius 1 is 1.26 bits per heavy atom. The number of anilines is 2. The van der Waals surface area contributed by atoms with Crippen LogP contribution in [0.5, 0.6) is 5.75 Å². The van der Waals surface area contributed by atoms with E-state index < -0.39 is 24.0 Å². The number of para-hydroxylation sites is 1. The monoisotopic (exact) mass is 484 g/mol. The summed E-state index contributed by atoms with van der Waals surface area (Å²) in [6.07, 6.45) is 5.35. The highest BCUT2D eigenvalue weighted by molar-refractivity contribution is 5.95. The quantitative estimate of drug-likeness (QED) is 0.444. The summed E-state index contributed by atoms with van der Waals surface area (Å²) in [6, 6.07) is 5.40. The average Bonchev–Trinajstić information content (AvgIpc) is 3.45. The number of nitrogen functional groups attached to an aromatic ring is 1. The molecular formula is C23H26F2N8O2. The third kappa shape index (κ3) is 3.81. The van der Waals surface area contributed by atoms with Gasteiger partial charge in [-0.25, -0.2) is 18.7 Å². The molecular weight excluding hydrogens is 458 g/mol. The van der Waals surface area contributed by atoms with E-state index >= 15 is 0 Å². The minimum absolute atomic E-state index is 0.102. The topological polar surface area (TPSA) is 120 Å². The zero-order valence-corrected chi connectivity index (χ0v) is 19.2. The fourth-order valence-corrected chi connectivity index (χ4v) is 5.10. The number of aromatic nitrogens is 6. The van der Waals surface area contributed by atoms with Crippen molar-refractivity contribution in [2.24, 2.45) is 0 Å². The molecule has 1 atom stereocenters. The molecule has 1 aromatic carbocycles. The molecule has 1 aliphatic heterocycles. The maximum Gasteiger partial charge on any atom is 0.266 e. The first-order chi connectivity index (χ1) is 16.7. The lowest BCUT2D eigenvalue weighted by molar-refractivity contribution is -0.0498. The number of benzene rings is 1. The summed E-state index contributed by atoms with van der Waals surface area (Å²) >= 11 is 0. The average molecular weight is 485 g/mol. The van der Waals surface area contributed by atoms with Gasteiger partial charge >= 0.3 is 0 Å². The van der Waals surface area contributed by atoms with Crippen molar-refractivity contribution < 1.29 is 18.6 Å². The molecule has 0 spiro atoms. The number of piperidine rings is 1. The normalized spacial score (nSPS) is 21.4. The van der Waals surface area contributed by atoms with Crippen molar-refractivity contribution in [2.45, 2.75) is 49.7 Å². The third-order valence-corrected chi connectivity index (χ3v) is 7.03. The van der Waals surface area contributed by atoms with E-state index in [1.807, 2.05) is 12.1 Å². The second-order valence-electron chi connectivity index (χ2n) is 9.64. The van der Waals surface area contributed by atoms with Crippen LogP contribution < -0.4 is 15.4 Å². The lowest BCUT2D eigenvalue weighted by atomic mass is 9.80. The van der Waals surface area contributed by atoms with E-state index in [-0.39, 0.29) is 18.2 Å². The summed E-state index contributed by atoms with van der Waals surface area (Å²) in [6.45, 7) is 0.241. The van der Waals surface area contributed by atoms with Gasteiger partial charge in [0, 0.05) is 30.5 Å². The van der Waals surface area contributed by atoms with E-state index in [0.29, 0.717) is 41.1 Å². The SMILES string of the molecule is COc1cccc2c1nc(N)n1nc(C3CN(c4cnn(CC5(O)CCC5)c4)CC(F)(F)C3)nc21. The largest absolute Gasteiger partial charge is 0.494 e. The standard InChI is InChI=1S/C23H26F2N8O2/c1-35-17-5-2-4-16-18(17)28-21(26)33-20(16)29-19(30-33)14-8-23(24,25)13-31(10-14)15-9-27-32(11-15)12-22(34)6-3-7-22/h2,4-5,9,11,14,34H,3,6-8,10,12-13H2,1H3,(H2,26,28). The second-order valence-corrected chi connectivity index (χ2v) is 9.64. The molecule has 10 nitrogen and oxygen atoms in total. The lowest BCUT2D eigenvalue weighted by Gasteiger charge is -2.37. The van der Waals surface area contributed by atoms with Crippen LogP contribution in [-0.2, 0) is 6.54 Å². The summed E-state index contributed by atoms with van der Waals surface area (Å²) in [5.74, 6) is -2.64. The van der Waals surface area contributed by atoms with Crippen LogP contribution in [0.2, 0.25) is 0 Å². The highest BCUT2D eigenvalue weighted by atomic mass is 19.3. The van der Waals surface area contributed by atoms with Crippen LogP contribution in [0.15, 0.2) is 30.6 Å². The number of fused-ring (bicyclic) bond motifs is 3. The van der Waals surface area contributed by atoms with Crippen molar-refractivity contribution in [3.8, 4) is 5.75 Å². The molecule has 6 rings (SSSR count). The van der Waals surface area contributed by atoms with E-state index in [4.69, 9.17) is 10.5 Å². The number of rotatable bonds is 5. The van der Waals surface area contributed by atoms with E-state index in [1.54, 1.807) is 35.2 Å². The van der Waals surface area contributed by atoms with Crippen LogP contribution >= 0.6 is 0 Å². The van der Waals surface area contributed by atoms with Crippen molar-refractivity contribution >= 4 is 28.2 Å². The molecule has 2 aliphatic rings. The minimum Gasteiger partial charge on any atom is -0.494 e. The number of hydrogen-bond acceptors (Lipinski definition) is 8. The van der Waals surface area contributed by atoms with Gasteiger partial charge in [0.05, 0.1) is 37.7 Å². The van der Waals surface area contributed by atoms with Crippen molar-refractivity contribution in [2.75, 3.05) is 30.8 Å². The molecule has 1 saturated carbocycles. The summed E-state index contributed by atoms with van der Waals surface area (Å²) in [7, 11) is 1.54. The maximum atomic E-state index is 14.9. The molecule has 0 radical (unpaired) electrons. The molecule has 0 amide bonds. The van der Waals surface area contributed by atoms with E-state index in [1.165, 1.54) is 4.52 Å². The van der Waals surface area contributed by atoms with Gasteiger partial charge in [-0.3, -0.25) is 4.68 Å². The van der Waals surface area contributed by atoms with Gasteiger partial charge < -0.3 is 20.5 Å².